The van der Waals surface area contributed by atoms with E-state index >= 15 is 0 Å². The Balaban J connectivity index is 2.21. The lowest BCUT2D eigenvalue weighted by molar-refractivity contribution is 0.141. The Kier molecular flexibility index (Phi) is 4.51. The van der Waals surface area contributed by atoms with Gasteiger partial charge < -0.3 is 11.1 Å². The second-order valence-corrected chi connectivity index (χ2v) is 4.33. The highest BCUT2D eigenvalue weighted by Gasteiger charge is 2.17. The second kappa shape index (κ2) is 5.44. The SMILES string of the molecule is CC(=N)CN1CCN(CC(C)N)CC1. The molecule has 82 valence electrons. The zero-order chi connectivity index (χ0) is 10.6. The summed E-state index contributed by atoms with van der Waals surface area (Å²) in [5.41, 5.74) is 6.50. The third-order valence-electron chi connectivity index (χ3n) is 2.47. The number of hydrogen-bond donors (Lipinski definition) is 2. The molecule has 0 amide bonds. The maximum Gasteiger partial charge on any atom is 0.0359 e. The smallest absolute Gasteiger partial charge is 0.0359 e. The average Bonchev–Trinajstić information content (AvgIpc) is 2.06. The number of rotatable bonds is 4. The van der Waals surface area contributed by atoms with Gasteiger partial charge in [-0.3, -0.25) is 9.80 Å². The molecule has 4 heteroatoms. The van der Waals surface area contributed by atoms with Gasteiger partial charge in [0.2, 0.25) is 0 Å². The first-order valence-electron chi connectivity index (χ1n) is 5.32. The van der Waals surface area contributed by atoms with Gasteiger partial charge in [0.05, 0.1) is 0 Å². The molecule has 0 radical (unpaired) electrons. The van der Waals surface area contributed by atoms with Gasteiger partial charge >= 0.3 is 0 Å². The lowest BCUT2D eigenvalue weighted by atomic mass is 10.2. The number of piperazine rings is 1. The standard InChI is InChI=1S/C10H22N4/c1-9(11)7-13-3-5-14(6-4-13)8-10(2)12/h9,12H,3-8,11H2,1-2H3. The van der Waals surface area contributed by atoms with E-state index in [1.807, 2.05) is 13.8 Å². The summed E-state index contributed by atoms with van der Waals surface area (Å²) in [5, 5.41) is 7.42. The van der Waals surface area contributed by atoms with Gasteiger partial charge in [-0.25, -0.2) is 0 Å². The molecular weight excluding hydrogens is 176 g/mol. The van der Waals surface area contributed by atoms with Crippen LogP contribution >= 0.6 is 0 Å². The molecule has 14 heavy (non-hydrogen) atoms. The number of hydrogen-bond acceptors (Lipinski definition) is 4. The van der Waals surface area contributed by atoms with Crippen molar-refractivity contribution in [3.63, 3.8) is 0 Å². The lowest BCUT2D eigenvalue weighted by Gasteiger charge is -2.35. The van der Waals surface area contributed by atoms with Crippen molar-refractivity contribution in [1.29, 1.82) is 5.41 Å². The Hall–Kier alpha value is -0.450. The predicted molar refractivity (Wildman–Crippen MR) is 59.9 cm³/mol. The van der Waals surface area contributed by atoms with Crippen LogP contribution in [-0.2, 0) is 0 Å². The van der Waals surface area contributed by atoms with Crippen LogP contribution in [0.2, 0.25) is 0 Å². The molecule has 1 heterocycles. The molecule has 3 N–H and O–H groups in total. The molecule has 1 aliphatic heterocycles. The Morgan fingerprint density at radius 3 is 2.21 bits per heavy atom. The zero-order valence-corrected chi connectivity index (χ0v) is 9.29. The molecule has 0 aromatic carbocycles. The summed E-state index contributed by atoms with van der Waals surface area (Å²) in [7, 11) is 0. The summed E-state index contributed by atoms with van der Waals surface area (Å²) in [6, 6.07) is 0.269. The number of nitrogens with one attached hydrogen (secondary N) is 1. The molecule has 0 aromatic heterocycles. The quantitative estimate of drug-likeness (QED) is 0.625. The van der Waals surface area contributed by atoms with E-state index in [9.17, 15) is 0 Å². The van der Waals surface area contributed by atoms with Gasteiger partial charge in [-0.1, -0.05) is 0 Å². The lowest BCUT2D eigenvalue weighted by Crippen LogP contribution is -2.50. The molecular formula is C10H22N4. The molecule has 0 aromatic rings. The predicted octanol–water partition coefficient (Wildman–Crippen LogP) is -0.00913. The number of nitrogens with zero attached hydrogens (tertiary/aromatic N) is 2. The third-order valence-corrected chi connectivity index (χ3v) is 2.47. The Labute approximate surface area is 86.6 Å². The molecule has 1 aliphatic rings. The minimum Gasteiger partial charge on any atom is -0.327 e. The third kappa shape index (κ3) is 4.17. The summed E-state index contributed by atoms with van der Waals surface area (Å²) in [4.78, 5) is 4.74. The highest BCUT2D eigenvalue weighted by atomic mass is 15.3. The maximum atomic E-state index is 7.42. The molecule has 0 spiro atoms. The van der Waals surface area contributed by atoms with Crippen LogP contribution in [0.5, 0.6) is 0 Å². The van der Waals surface area contributed by atoms with E-state index < -0.39 is 0 Å². The molecule has 0 aliphatic carbocycles. The molecule has 1 unspecified atom stereocenters. The van der Waals surface area contributed by atoms with E-state index in [2.05, 4.69) is 9.80 Å². The van der Waals surface area contributed by atoms with Crippen LogP contribution < -0.4 is 5.73 Å². The normalized spacial score (nSPS) is 22.2. The van der Waals surface area contributed by atoms with Gasteiger partial charge in [0, 0.05) is 51.0 Å². The van der Waals surface area contributed by atoms with Gasteiger partial charge in [0.15, 0.2) is 0 Å². The molecule has 0 saturated carbocycles. The van der Waals surface area contributed by atoms with Gasteiger partial charge in [-0.2, -0.15) is 0 Å². The van der Waals surface area contributed by atoms with Crippen LogP contribution in [0.3, 0.4) is 0 Å². The van der Waals surface area contributed by atoms with E-state index in [0.717, 1.165) is 45.0 Å². The fourth-order valence-corrected chi connectivity index (χ4v) is 1.87. The molecule has 4 nitrogen and oxygen atoms in total. The topological polar surface area (TPSA) is 56.4 Å². The van der Waals surface area contributed by atoms with E-state index in [4.69, 9.17) is 11.1 Å². The summed E-state index contributed by atoms with van der Waals surface area (Å²) < 4.78 is 0. The Bertz CT molecular complexity index is 183. The van der Waals surface area contributed by atoms with Crippen LogP contribution in [0.4, 0.5) is 0 Å². The molecule has 1 atom stereocenters. The van der Waals surface area contributed by atoms with Crippen LogP contribution in [-0.4, -0.2) is 60.8 Å². The fraction of sp³-hybridized carbons (Fsp3) is 0.900. The molecule has 1 rings (SSSR count). The van der Waals surface area contributed by atoms with Crippen LogP contribution in [0, 0.1) is 5.41 Å². The highest BCUT2D eigenvalue weighted by molar-refractivity contribution is 5.80. The first-order valence-corrected chi connectivity index (χ1v) is 5.32. The summed E-state index contributed by atoms with van der Waals surface area (Å²) in [6.07, 6.45) is 0. The van der Waals surface area contributed by atoms with E-state index in [-0.39, 0.29) is 6.04 Å². The molecule has 1 fully saturated rings. The monoisotopic (exact) mass is 198 g/mol. The fourth-order valence-electron chi connectivity index (χ4n) is 1.87. The maximum absolute atomic E-state index is 7.42. The van der Waals surface area contributed by atoms with Crippen LogP contribution in [0.1, 0.15) is 13.8 Å². The van der Waals surface area contributed by atoms with E-state index in [1.165, 1.54) is 0 Å². The molecule has 1 saturated heterocycles. The first-order chi connectivity index (χ1) is 6.58. The van der Waals surface area contributed by atoms with Crippen molar-refractivity contribution in [1.82, 2.24) is 9.80 Å². The largest absolute Gasteiger partial charge is 0.327 e. The van der Waals surface area contributed by atoms with Gasteiger partial charge in [0.25, 0.3) is 0 Å². The van der Waals surface area contributed by atoms with Crippen LogP contribution in [0.25, 0.3) is 0 Å². The average molecular weight is 198 g/mol. The molecule has 0 bridgehead atoms. The minimum absolute atomic E-state index is 0.269. The van der Waals surface area contributed by atoms with Crippen molar-refractivity contribution in [2.45, 2.75) is 19.9 Å². The first kappa shape index (κ1) is 11.6. The Morgan fingerprint density at radius 1 is 1.29 bits per heavy atom. The summed E-state index contributed by atoms with van der Waals surface area (Å²) in [5.74, 6) is 0. The van der Waals surface area contributed by atoms with E-state index in [0.29, 0.717) is 0 Å². The highest BCUT2D eigenvalue weighted by Crippen LogP contribution is 2.01. The Morgan fingerprint density at radius 2 is 1.79 bits per heavy atom. The van der Waals surface area contributed by atoms with Crippen molar-refractivity contribution in [2.75, 3.05) is 39.3 Å². The zero-order valence-electron chi connectivity index (χ0n) is 9.29. The van der Waals surface area contributed by atoms with Gasteiger partial charge in [-0.15, -0.1) is 0 Å². The van der Waals surface area contributed by atoms with Crippen molar-refractivity contribution in [3.05, 3.63) is 0 Å². The van der Waals surface area contributed by atoms with E-state index in [1.54, 1.807) is 0 Å². The van der Waals surface area contributed by atoms with Crippen molar-refractivity contribution < 1.29 is 0 Å². The summed E-state index contributed by atoms with van der Waals surface area (Å²) in [6.45, 7) is 10.1. The second-order valence-electron chi connectivity index (χ2n) is 4.33. The minimum atomic E-state index is 0.269. The van der Waals surface area contributed by atoms with Crippen LogP contribution in [0.15, 0.2) is 0 Å². The van der Waals surface area contributed by atoms with Gasteiger partial charge in [-0.05, 0) is 13.8 Å². The van der Waals surface area contributed by atoms with Crippen molar-refractivity contribution >= 4 is 5.71 Å². The number of nitrogens with two attached hydrogens (primary N) is 1. The summed E-state index contributed by atoms with van der Waals surface area (Å²) >= 11 is 0. The van der Waals surface area contributed by atoms with Gasteiger partial charge in [0.1, 0.15) is 0 Å². The van der Waals surface area contributed by atoms with Crippen molar-refractivity contribution in [3.8, 4) is 0 Å². The van der Waals surface area contributed by atoms with Crippen molar-refractivity contribution in [2.24, 2.45) is 5.73 Å².